The third-order valence-corrected chi connectivity index (χ3v) is 3.92. The lowest BCUT2D eigenvalue weighted by atomic mass is 9.96. The van der Waals surface area contributed by atoms with Crippen molar-refractivity contribution in [3.05, 3.63) is 35.6 Å². The highest BCUT2D eigenvalue weighted by Crippen LogP contribution is 2.47. The molecule has 0 aromatic heterocycles. The third kappa shape index (κ3) is 3.06. The van der Waals surface area contributed by atoms with E-state index in [0.29, 0.717) is 19.6 Å². The van der Waals surface area contributed by atoms with Crippen LogP contribution >= 0.6 is 0 Å². The minimum absolute atomic E-state index is 0.0346. The Bertz CT molecular complexity index is 453. The second kappa shape index (κ2) is 5.59. The van der Waals surface area contributed by atoms with Crippen LogP contribution in [0.1, 0.15) is 32.3 Å². The van der Waals surface area contributed by atoms with Crippen molar-refractivity contribution < 1.29 is 9.18 Å². The molecule has 1 aromatic rings. The van der Waals surface area contributed by atoms with Gasteiger partial charge >= 0.3 is 6.03 Å². The molecule has 1 fully saturated rings. The van der Waals surface area contributed by atoms with E-state index in [4.69, 9.17) is 0 Å². The average molecular weight is 264 g/mol. The molecule has 1 aliphatic carbocycles. The predicted octanol–water partition coefficient (Wildman–Crippen LogP) is 2.91. The molecule has 2 amide bonds. The molecule has 4 heteroatoms. The quantitative estimate of drug-likeness (QED) is 0.871. The van der Waals surface area contributed by atoms with Crippen LogP contribution in [0.15, 0.2) is 24.3 Å². The first-order valence-electron chi connectivity index (χ1n) is 6.90. The molecule has 0 saturated heterocycles. The van der Waals surface area contributed by atoms with E-state index in [2.05, 4.69) is 5.32 Å². The molecule has 0 heterocycles. The van der Waals surface area contributed by atoms with Gasteiger partial charge in [-0.2, -0.15) is 0 Å². The Kier molecular flexibility index (Phi) is 4.08. The van der Waals surface area contributed by atoms with E-state index in [1.807, 2.05) is 19.9 Å². The van der Waals surface area contributed by atoms with Crippen LogP contribution in [-0.2, 0) is 5.41 Å². The van der Waals surface area contributed by atoms with Gasteiger partial charge in [0, 0.05) is 25.0 Å². The number of carbonyl (C=O) groups is 1. The van der Waals surface area contributed by atoms with Crippen LogP contribution in [0.4, 0.5) is 9.18 Å². The Labute approximate surface area is 113 Å². The Morgan fingerprint density at radius 3 is 2.58 bits per heavy atom. The fourth-order valence-corrected chi connectivity index (χ4v) is 2.40. The Morgan fingerprint density at radius 2 is 2.05 bits per heavy atom. The SMILES string of the molecule is CCN(CC)C(=O)NCC1(c2cccc(F)c2)CC1. The summed E-state index contributed by atoms with van der Waals surface area (Å²) in [6.45, 7) is 5.92. The van der Waals surface area contributed by atoms with E-state index in [0.717, 1.165) is 18.4 Å². The fourth-order valence-electron chi connectivity index (χ4n) is 2.40. The summed E-state index contributed by atoms with van der Waals surface area (Å²) < 4.78 is 13.3. The van der Waals surface area contributed by atoms with E-state index in [1.165, 1.54) is 6.07 Å². The summed E-state index contributed by atoms with van der Waals surface area (Å²) >= 11 is 0. The van der Waals surface area contributed by atoms with Crippen molar-refractivity contribution >= 4 is 6.03 Å². The molecule has 0 spiro atoms. The molecule has 0 aliphatic heterocycles. The van der Waals surface area contributed by atoms with Crippen molar-refractivity contribution in [1.82, 2.24) is 10.2 Å². The Hall–Kier alpha value is -1.58. The summed E-state index contributed by atoms with van der Waals surface area (Å²) in [4.78, 5) is 13.7. The van der Waals surface area contributed by atoms with Crippen molar-refractivity contribution in [2.45, 2.75) is 32.1 Å². The zero-order valence-electron chi connectivity index (χ0n) is 11.6. The van der Waals surface area contributed by atoms with Crippen molar-refractivity contribution in [2.24, 2.45) is 0 Å². The van der Waals surface area contributed by atoms with Gasteiger partial charge < -0.3 is 10.2 Å². The van der Waals surface area contributed by atoms with Gasteiger partial charge in [-0.1, -0.05) is 12.1 Å². The molecular weight excluding hydrogens is 243 g/mol. The summed E-state index contributed by atoms with van der Waals surface area (Å²) in [6.07, 6.45) is 2.02. The second-order valence-corrected chi connectivity index (χ2v) is 5.12. The minimum atomic E-state index is -0.209. The number of hydrogen-bond donors (Lipinski definition) is 1. The lowest BCUT2D eigenvalue weighted by molar-refractivity contribution is 0.202. The highest BCUT2D eigenvalue weighted by atomic mass is 19.1. The van der Waals surface area contributed by atoms with Crippen LogP contribution in [0, 0.1) is 5.82 Å². The first-order valence-corrected chi connectivity index (χ1v) is 6.90. The van der Waals surface area contributed by atoms with Crippen LogP contribution in [0.3, 0.4) is 0 Å². The molecular formula is C15H21FN2O. The molecule has 104 valence electrons. The molecule has 0 atom stereocenters. The Morgan fingerprint density at radius 1 is 1.37 bits per heavy atom. The second-order valence-electron chi connectivity index (χ2n) is 5.12. The number of carbonyl (C=O) groups excluding carboxylic acids is 1. The van der Waals surface area contributed by atoms with Gasteiger partial charge in [-0.25, -0.2) is 9.18 Å². The van der Waals surface area contributed by atoms with E-state index in [1.54, 1.807) is 17.0 Å². The summed E-state index contributed by atoms with van der Waals surface area (Å²) in [5, 5.41) is 2.97. The van der Waals surface area contributed by atoms with Crippen LogP contribution in [0.25, 0.3) is 0 Å². The third-order valence-electron chi connectivity index (χ3n) is 3.92. The number of halogens is 1. The van der Waals surface area contributed by atoms with Crippen molar-refractivity contribution in [2.75, 3.05) is 19.6 Å². The van der Waals surface area contributed by atoms with Gasteiger partial charge in [0.2, 0.25) is 0 Å². The zero-order chi connectivity index (χ0) is 13.9. The minimum Gasteiger partial charge on any atom is -0.337 e. The monoisotopic (exact) mass is 264 g/mol. The first kappa shape index (κ1) is 13.8. The maximum atomic E-state index is 13.3. The number of hydrogen-bond acceptors (Lipinski definition) is 1. The topological polar surface area (TPSA) is 32.3 Å². The molecule has 1 N–H and O–H groups in total. The number of benzene rings is 1. The lowest BCUT2D eigenvalue weighted by Gasteiger charge is -2.22. The van der Waals surface area contributed by atoms with Crippen molar-refractivity contribution in [3.63, 3.8) is 0 Å². The highest BCUT2D eigenvalue weighted by molar-refractivity contribution is 5.74. The lowest BCUT2D eigenvalue weighted by Crippen LogP contribution is -2.42. The molecule has 0 radical (unpaired) electrons. The number of nitrogens with zero attached hydrogens (tertiary/aromatic N) is 1. The van der Waals surface area contributed by atoms with Crippen LogP contribution in [0.5, 0.6) is 0 Å². The summed E-state index contributed by atoms with van der Waals surface area (Å²) in [5.74, 6) is -0.209. The molecule has 1 saturated carbocycles. The largest absolute Gasteiger partial charge is 0.337 e. The molecule has 0 bridgehead atoms. The standard InChI is InChI=1S/C15H21FN2O/c1-3-18(4-2)14(19)17-11-15(8-9-15)12-6-5-7-13(16)10-12/h5-7,10H,3-4,8-9,11H2,1-2H3,(H,17,19). The molecule has 19 heavy (non-hydrogen) atoms. The van der Waals surface area contributed by atoms with Gasteiger partial charge in [-0.3, -0.25) is 0 Å². The van der Waals surface area contributed by atoms with Gasteiger partial charge in [0.15, 0.2) is 0 Å². The van der Waals surface area contributed by atoms with E-state index < -0.39 is 0 Å². The van der Waals surface area contributed by atoms with Crippen LogP contribution in [-0.4, -0.2) is 30.6 Å². The van der Waals surface area contributed by atoms with E-state index in [-0.39, 0.29) is 17.3 Å². The smallest absolute Gasteiger partial charge is 0.317 e. The molecule has 0 unspecified atom stereocenters. The van der Waals surface area contributed by atoms with E-state index in [9.17, 15) is 9.18 Å². The van der Waals surface area contributed by atoms with Gasteiger partial charge in [0.1, 0.15) is 5.82 Å². The number of urea groups is 1. The van der Waals surface area contributed by atoms with Crippen molar-refractivity contribution in [1.29, 1.82) is 0 Å². The van der Waals surface area contributed by atoms with Gasteiger partial charge in [0.05, 0.1) is 0 Å². The zero-order valence-corrected chi connectivity index (χ0v) is 11.6. The molecule has 3 nitrogen and oxygen atoms in total. The number of nitrogens with one attached hydrogen (secondary N) is 1. The average Bonchev–Trinajstić information content (AvgIpc) is 3.19. The van der Waals surface area contributed by atoms with E-state index >= 15 is 0 Å². The number of rotatable bonds is 5. The Balaban J connectivity index is 1.98. The van der Waals surface area contributed by atoms with Gasteiger partial charge in [-0.15, -0.1) is 0 Å². The predicted molar refractivity (Wildman–Crippen MR) is 73.6 cm³/mol. The first-order chi connectivity index (χ1) is 9.11. The maximum absolute atomic E-state index is 13.3. The summed E-state index contributed by atoms with van der Waals surface area (Å²) in [5.41, 5.74) is 0.942. The van der Waals surface area contributed by atoms with Crippen LogP contribution < -0.4 is 5.32 Å². The van der Waals surface area contributed by atoms with Gasteiger partial charge in [-0.05, 0) is 44.4 Å². The normalized spacial score (nSPS) is 15.9. The highest BCUT2D eigenvalue weighted by Gasteiger charge is 2.44. The van der Waals surface area contributed by atoms with Crippen LogP contribution in [0.2, 0.25) is 0 Å². The fraction of sp³-hybridized carbons (Fsp3) is 0.533. The maximum Gasteiger partial charge on any atom is 0.317 e. The molecule has 1 aromatic carbocycles. The van der Waals surface area contributed by atoms with Crippen molar-refractivity contribution in [3.8, 4) is 0 Å². The number of amides is 2. The summed E-state index contributed by atoms with van der Waals surface area (Å²) in [6, 6.07) is 6.67. The van der Waals surface area contributed by atoms with Gasteiger partial charge in [0.25, 0.3) is 0 Å². The molecule has 2 rings (SSSR count). The molecule has 1 aliphatic rings. The summed E-state index contributed by atoms with van der Waals surface area (Å²) in [7, 11) is 0.